The first-order valence-corrected chi connectivity index (χ1v) is 55.2. The summed E-state index contributed by atoms with van der Waals surface area (Å²) in [7, 11) is 0. The number of aliphatic carboxylic acids is 5. The molecular weight excluding hydrogens is 1750 g/mol. The van der Waals surface area contributed by atoms with Gasteiger partial charge in [0, 0.05) is 32.1 Å². The van der Waals surface area contributed by atoms with Crippen LogP contribution in [0.3, 0.4) is 0 Å². The highest BCUT2D eigenvalue weighted by molar-refractivity contribution is 5.67. The average molecular weight is 1970 g/mol. The molecule has 0 atom stereocenters. The lowest BCUT2D eigenvalue weighted by Crippen LogP contribution is -2.15. The Balaban J connectivity index is -0.000000146. The standard InChI is InChI=1S/5C18H36O2.6C3H8O3/c5*1-2-3-4-5-6-7-8-9-10-11-12-13-14-15-16-17-18(19)20;6*4-1-3(6)2-5/h5*2-17H2,1H3,(H,19,20);6*3-6H,1-2H2. The maximum absolute atomic E-state index is 10.3. The molecule has 0 bridgehead atoms. The third kappa shape index (κ3) is 197. The first-order chi connectivity index (χ1) is 65.7. The highest BCUT2D eigenvalue weighted by Crippen LogP contribution is 2.20. The number of rotatable bonds is 92. The van der Waals surface area contributed by atoms with E-state index in [-0.39, 0.29) is 79.3 Å². The molecule has 0 saturated heterocycles. The van der Waals surface area contributed by atoms with Crippen LogP contribution in [-0.4, -0.2) is 263 Å². The zero-order valence-corrected chi connectivity index (χ0v) is 88.3. The Bertz CT molecular complexity index is 1720. The zero-order valence-electron chi connectivity index (χ0n) is 88.3. The highest BCUT2D eigenvalue weighted by atomic mass is 16.4. The van der Waals surface area contributed by atoms with E-state index in [1.54, 1.807) is 0 Å². The molecular formula is C108H228O28. The number of carboxylic acids is 5. The third-order valence-corrected chi connectivity index (χ3v) is 22.5. The predicted molar refractivity (Wildman–Crippen MR) is 557 cm³/mol. The molecule has 0 saturated carbocycles. The van der Waals surface area contributed by atoms with Gasteiger partial charge in [-0.3, -0.25) is 24.0 Å². The number of carbonyl (C=O) groups is 5. The molecule has 0 spiro atoms. The first kappa shape index (κ1) is 155. The summed E-state index contributed by atoms with van der Waals surface area (Å²) in [5, 5.41) is 187. The van der Waals surface area contributed by atoms with Gasteiger partial charge in [0.1, 0.15) is 36.6 Å². The van der Waals surface area contributed by atoms with Crippen molar-refractivity contribution in [2.24, 2.45) is 0 Å². The lowest BCUT2D eigenvalue weighted by molar-refractivity contribution is -0.138. The van der Waals surface area contributed by atoms with Crippen molar-refractivity contribution in [1.29, 1.82) is 0 Å². The Morgan fingerprint density at radius 1 is 0.125 bits per heavy atom. The fraction of sp³-hybridized carbons (Fsp3) is 0.954. The van der Waals surface area contributed by atoms with Gasteiger partial charge in [0.2, 0.25) is 0 Å². The molecule has 0 fully saturated rings. The van der Waals surface area contributed by atoms with Crippen molar-refractivity contribution in [3.05, 3.63) is 0 Å². The number of hydrogen-bond acceptors (Lipinski definition) is 23. The summed E-state index contributed by atoms with van der Waals surface area (Å²) in [6.45, 7) is 6.98. The van der Waals surface area contributed by atoms with Crippen LogP contribution in [0.15, 0.2) is 0 Å². The smallest absolute Gasteiger partial charge is 0.303 e. The van der Waals surface area contributed by atoms with Crippen molar-refractivity contribution >= 4 is 29.8 Å². The van der Waals surface area contributed by atoms with Crippen molar-refractivity contribution in [3.63, 3.8) is 0 Å². The summed E-state index contributed by atoms with van der Waals surface area (Å²) in [6.07, 6.45) is 95.3. The van der Waals surface area contributed by atoms with E-state index in [2.05, 4.69) is 34.6 Å². The molecule has 136 heavy (non-hydrogen) atoms. The second kappa shape index (κ2) is 152. The second-order valence-corrected chi connectivity index (χ2v) is 36.6. The Labute approximate surface area is 831 Å². The van der Waals surface area contributed by atoms with E-state index in [0.29, 0.717) is 32.1 Å². The molecule has 0 radical (unpaired) electrons. The minimum atomic E-state index is -0.954. The number of aliphatic hydroxyl groups excluding tert-OH is 18. The van der Waals surface area contributed by atoms with Gasteiger partial charge < -0.3 is 117 Å². The van der Waals surface area contributed by atoms with Crippen LogP contribution in [0.25, 0.3) is 0 Å². The van der Waals surface area contributed by atoms with Crippen molar-refractivity contribution in [1.82, 2.24) is 0 Å². The molecule has 0 aromatic rings. The third-order valence-electron chi connectivity index (χ3n) is 22.5. The number of carboxylic acid groups (broad SMARTS) is 5. The summed E-state index contributed by atoms with van der Waals surface area (Å²) in [4.78, 5) is 51.7. The van der Waals surface area contributed by atoms with Crippen LogP contribution < -0.4 is 0 Å². The topological polar surface area (TPSA) is 551 Å². The van der Waals surface area contributed by atoms with Gasteiger partial charge in [-0.05, 0) is 32.1 Å². The van der Waals surface area contributed by atoms with Crippen molar-refractivity contribution < 1.29 is 141 Å². The van der Waals surface area contributed by atoms with Gasteiger partial charge in [0.15, 0.2) is 0 Å². The van der Waals surface area contributed by atoms with Crippen LogP contribution in [0.1, 0.15) is 548 Å². The molecule has 0 aliphatic carbocycles. The Morgan fingerprint density at radius 3 is 0.228 bits per heavy atom. The van der Waals surface area contributed by atoms with Crippen LogP contribution in [-0.2, 0) is 24.0 Å². The van der Waals surface area contributed by atoms with E-state index in [1.165, 1.54) is 417 Å². The SMILES string of the molecule is CCCCCCCCCCCCCCCCCC(=O)O.CCCCCCCCCCCCCCCCCC(=O)O.CCCCCCCCCCCCCCCCCC(=O)O.CCCCCCCCCCCCCCCCCC(=O)O.CCCCCCCCCCCCCCCCCC(=O)O.OCC(O)CO.OCC(O)CO.OCC(O)CO.OCC(O)CO.OCC(O)CO.OCC(O)CO. The maximum Gasteiger partial charge on any atom is 0.303 e. The normalized spacial score (nSPS) is 10.6. The van der Waals surface area contributed by atoms with Crippen LogP contribution in [0, 0.1) is 0 Å². The molecule has 0 aromatic heterocycles. The molecule has 28 heteroatoms. The quantitative estimate of drug-likeness (QED) is 0.0251. The van der Waals surface area contributed by atoms with Gasteiger partial charge in [-0.15, -0.1) is 0 Å². The Hall–Kier alpha value is -3.37. The monoisotopic (exact) mass is 1970 g/mol. The summed E-state index contributed by atoms with van der Waals surface area (Å²) >= 11 is 0. The number of hydrogen-bond donors (Lipinski definition) is 23. The predicted octanol–water partition coefficient (Wildman–Crippen LogP) is 21.7. The largest absolute Gasteiger partial charge is 0.481 e. The van der Waals surface area contributed by atoms with Crippen LogP contribution in [0.2, 0.25) is 0 Å². The molecule has 0 aromatic carbocycles. The minimum Gasteiger partial charge on any atom is -0.481 e. The fourth-order valence-corrected chi connectivity index (χ4v) is 13.6. The summed E-state index contributed by atoms with van der Waals surface area (Å²) < 4.78 is 0. The Morgan fingerprint density at radius 2 is 0.184 bits per heavy atom. The van der Waals surface area contributed by atoms with Gasteiger partial charge in [-0.2, -0.15) is 0 Å². The molecule has 828 valence electrons. The Kier molecular flexibility index (Phi) is 173. The minimum absolute atomic E-state index is 0.345. The number of aliphatic hydroxyl groups is 18. The molecule has 0 aliphatic heterocycles. The maximum atomic E-state index is 10.3. The summed E-state index contributed by atoms with van der Waals surface area (Å²) in [5.74, 6) is -3.27. The van der Waals surface area contributed by atoms with E-state index < -0.39 is 66.5 Å². The molecule has 0 heterocycles. The van der Waals surface area contributed by atoms with E-state index in [0.717, 1.165) is 64.2 Å². The molecule has 0 rings (SSSR count). The van der Waals surface area contributed by atoms with Gasteiger partial charge in [0.05, 0.1) is 79.3 Å². The molecule has 0 amide bonds. The number of unbranched alkanes of at least 4 members (excludes halogenated alkanes) is 70. The van der Waals surface area contributed by atoms with E-state index in [9.17, 15) is 24.0 Å². The van der Waals surface area contributed by atoms with E-state index >= 15 is 0 Å². The summed E-state index contributed by atoms with van der Waals surface area (Å²) in [5.41, 5.74) is 0. The second-order valence-electron chi connectivity index (χ2n) is 36.6. The van der Waals surface area contributed by atoms with Gasteiger partial charge in [0.25, 0.3) is 0 Å². The van der Waals surface area contributed by atoms with Gasteiger partial charge in [-0.1, -0.05) is 484 Å². The molecule has 28 nitrogen and oxygen atoms in total. The average Bonchev–Trinajstić information content (AvgIpc) is 0.819. The first-order valence-electron chi connectivity index (χ1n) is 55.2. The lowest BCUT2D eigenvalue weighted by Gasteiger charge is -2.03. The molecule has 0 unspecified atom stereocenters. The van der Waals surface area contributed by atoms with Crippen molar-refractivity contribution in [2.45, 2.75) is 585 Å². The van der Waals surface area contributed by atoms with Gasteiger partial charge in [-0.25, -0.2) is 0 Å². The van der Waals surface area contributed by atoms with Crippen LogP contribution >= 0.6 is 0 Å². The van der Waals surface area contributed by atoms with E-state index in [4.69, 9.17) is 117 Å². The zero-order chi connectivity index (χ0) is 104. The van der Waals surface area contributed by atoms with Crippen molar-refractivity contribution in [3.8, 4) is 0 Å². The molecule has 0 aliphatic rings. The van der Waals surface area contributed by atoms with Crippen LogP contribution in [0.5, 0.6) is 0 Å². The molecule has 23 N–H and O–H groups in total. The van der Waals surface area contributed by atoms with Crippen LogP contribution in [0.4, 0.5) is 0 Å². The highest BCUT2D eigenvalue weighted by Gasteiger charge is 2.06. The lowest BCUT2D eigenvalue weighted by atomic mass is 10.0. The van der Waals surface area contributed by atoms with Crippen molar-refractivity contribution in [2.75, 3.05) is 79.3 Å². The fourth-order valence-electron chi connectivity index (χ4n) is 13.6. The summed E-state index contributed by atoms with van der Waals surface area (Å²) in [6, 6.07) is 0. The van der Waals surface area contributed by atoms with Gasteiger partial charge >= 0.3 is 29.8 Å². The van der Waals surface area contributed by atoms with E-state index in [1.807, 2.05) is 0 Å².